The van der Waals surface area contributed by atoms with Crippen molar-refractivity contribution in [2.24, 2.45) is 0 Å². The molecule has 0 heterocycles. The summed E-state index contributed by atoms with van der Waals surface area (Å²) in [5.74, 6) is 0. The summed E-state index contributed by atoms with van der Waals surface area (Å²) in [6.45, 7) is 7.03. The van der Waals surface area contributed by atoms with Gasteiger partial charge in [-0.05, 0) is 39.3 Å². The van der Waals surface area contributed by atoms with Gasteiger partial charge in [-0.3, -0.25) is 10.1 Å². The van der Waals surface area contributed by atoms with Crippen LogP contribution in [0, 0.1) is 17.0 Å². The molecule has 5 nitrogen and oxygen atoms in total. The zero-order valence-corrected chi connectivity index (χ0v) is 10.5. The minimum absolute atomic E-state index is 0.0266. The monoisotopic (exact) mass is 238 g/mol. The molecule has 0 saturated heterocycles. The number of nitrogens with zero attached hydrogens (tertiary/aromatic N) is 1. The minimum atomic E-state index is -0.625. The number of aliphatic hydroxyl groups excluding tert-OH is 1. The van der Waals surface area contributed by atoms with E-state index in [4.69, 9.17) is 0 Å². The summed E-state index contributed by atoms with van der Waals surface area (Å²) in [7, 11) is 0. The van der Waals surface area contributed by atoms with Crippen LogP contribution in [-0.2, 0) is 0 Å². The van der Waals surface area contributed by atoms with Crippen LogP contribution in [0.4, 0.5) is 11.4 Å². The quantitative estimate of drug-likeness (QED) is 0.624. The molecule has 0 aliphatic heterocycles. The largest absolute Gasteiger partial charge is 0.391 e. The fraction of sp³-hybridized carbons (Fsp3) is 0.500. The molecule has 2 N–H and O–H groups in total. The van der Waals surface area contributed by atoms with E-state index >= 15 is 0 Å². The van der Waals surface area contributed by atoms with Crippen molar-refractivity contribution >= 4 is 11.4 Å². The van der Waals surface area contributed by atoms with E-state index in [0.717, 1.165) is 5.56 Å². The standard InChI is InChI=1S/C12H18N2O3/c1-8-5-6-10(11(7-8)14(16)17)13-12(3,4)9(2)15/h5-7,9,13,15H,1-4H3. The maximum absolute atomic E-state index is 10.9. The second-order valence-electron chi connectivity index (χ2n) is 4.80. The Morgan fingerprint density at radius 1 is 1.47 bits per heavy atom. The van der Waals surface area contributed by atoms with Crippen molar-refractivity contribution < 1.29 is 10.0 Å². The lowest BCUT2D eigenvalue weighted by atomic mass is 9.98. The van der Waals surface area contributed by atoms with Gasteiger partial charge >= 0.3 is 0 Å². The van der Waals surface area contributed by atoms with Gasteiger partial charge in [-0.2, -0.15) is 0 Å². The van der Waals surface area contributed by atoms with E-state index in [0.29, 0.717) is 5.69 Å². The Morgan fingerprint density at radius 2 is 2.06 bits per heavy atom. The second kappa shape index (κ2) is 4.71. The molecule has 1 aromatic rings. The first-order valence-corrected chi connectivity index (χ1v) is 5.45. The molecule has 0 amide bonds. The zero-order valence-electron chi connectivity index (χ0n) is 10.5. The van der Waals surface area contributed by atoms with Gasteiger partial charge in [0, 0.05) is 6.07 Å². The third-order valence-corrected chi connectivity index (χ3v) is 2.85. The first kappa shape index (κ1) is 13.4. The highest BCUT2D eigenvalue weighted by atomic mass is 16.6. The molecule has 94 valence electrons. The number of aliphatic hydroxyl groups is 1. The molecule has 17 heavy (non-hydrogen) atoms. The number of rotatable bonds is 4. The van der Waals surface area contributed by atoms with Crippen molar-refractivity contribution in [2.75, 3.05) is 5.32 Å². The number of nitro groups is 1. The first-order valence-electron chi connectivity index (χ1n) is 5.45. The smallest absolute Gasteiger partial charge is 0.292 e. The van der Waals surface area contributed by atoms with Gasteiger partial charge in [0.05, 0.1) is 16.6 Å². The summed E-state index contributed by atoms with van der Waals surface area (Å²) in [6.07, 6.45) is -0.622. The summed E-state index contributed by atoms with van der Waals surface area (Å²) in [5, 5.41) is 23.5. The molecule has 0 spiro atoms. The molecule has 0 aromatic heterocycles. The zero-order chi connectivity index (χ0) is 13.2. The summed E-state index contributed by atoms with van der Waals surface area (Å²) in [4.78, 5) is 10.5. The molecular formula is C12H18N2O3. The van der Waals surface area contributed by atoms with E-state index in [-0.39, 0.29) is 5.69 Å². The van der Waals surface area contributed by atoms with Crippen LogP contribution in [0.25, 0.3) is 0 Å². The van der Waals surface area contributed by atoms with Crippen LogP contribution in [0.2, 0.25) is 0 Å². The minimum Gasteiger partial charge on any atom is -0.391 e. The van der Waals surface area contributed by atoms with E-state index in [2.05, 4.69) is 5.32 Å². The molecule has 1 unspecified atom stereocenters. The average Bonchev–Trinajstić information content (AvgIpc) is 2.19. The lowest BCUT2D eigenvalue weighted by Gasteiger charge is -2.30. The number of nitrogens with one attached hydrogen (secondary N) is 1. The molecule has 1 atom stereocenters. The highest BCUT2D eigenvalue weighted by molar-refractivity contribution is 5.63. The molecule has 1 aromatic carbocycles. The summed E-state index contributed by atoms with van der Waals surface area (Å²) in [5.41, 5.74) is 0.655. The number of benzene rings is 1. The lowest BCUT2D eigenvalue weighted by molar-refractivity contribution is -0.384. The summed E-state index contributed by atoms with van der Waals surface area (Å²) in [6, 6.07) is 4.98. The third kappa shape index (κ3) is 3.17. The van der Waals surface area contributed by atoms with Gasteiger partial charge in [0.1, 0.15) is 5.69 Å². The number of hydrogen-bond donors (Lipinski definition) is 2. The molecule has 0 fully saturated rings. The molecule has 5 heteroatoms. The van der Waals surface area contributed by atoms with Crippen molar-refractivity contribution in [2.45, 2.75) is 39.3 Å². The van der Waals surface area contributed by atoms with Gasteiger partial charge in [0.15, 0.2) is 0 Å². The Morgan fingerprint density at radius 3 is 2.53 bits per heavy atom. The molecular weight excluding hydrogens is 220 g/mol. The fourth-order valence-corrected chi connectivity index (χ4v) is 1.35. The van der Waals surface area contributed by atoms with Gasteiger partial charge in [-0.15, -0.1) is 0 Å². The first-order chi connectivity index (χ1) is 7.74. The normalized spacial score (nSPS) is 13.2. The van der Waals surface area contributed by atoms with E-state index < -0.39 is 16.6 Å². The van der Waals surface area contributed by atoms with Gasteiger partial charge in [-0.1, -0.05) is 6.07 Å². The van der Waals surface area contributed by atoms with Gasteiger partial charge in [0.2, 0.25) is 0 Å². The third-order valence-electron chi connectivity index (χ3n) is 2.85. The molecule has 0 bridgehead atoms. The fourth-order valence-electron chi connectivity index (χ4n) is 1.35. The van der Waals surface area contributed by atoms with Crippen LogP contribution >= 0.6 is 0 Å². The Bertz CT molecular complexity index is 428. The van der Waals surface area contributed by atoms with Crippen LogP contribution in [0.15, 0.2) is 18.2 Å². The SMILES string of the molecule is Cc1ccc(NC(C)(C)C(C)O)c([N+](=O)[O-])c1. The van der Waals surface area contributed by atoms with E-state index in [1.807, 2.05) is 0 Å². The number of aryl methyl sites for hydroxylation is 1. The lowest BCUT2D eigenvalue weighted by Crippen LogP contribution is -2.42. The van der Waals surface area contributed by atoms with Crippen LogP contribution < -0.4 is 5.32 Å². The van der Waals surface area contributed by atoms with Crippen molar-refractivity contribution in [3.63, 3.8) is 0 Å². The van der Waals surface area contributed by atoms with Crippen LogP contribution in [0.3, 0.4) is 0 Å². The Labute approximate surface area is 101 Å². The number of hydrogen-bond acceptors (Lipinski definition) is 4. The van der Waals surface area contributed by atoms with Crippen LogP contribution in [0.1, 0.15) is 26.3 Å². The molecule has 0 aliphatic carbocycles. The summed E-state index contributed by atoms with van der Waals surface area (Å²) < 4.78 is 0. The maximum atomic E-state index is 10.9. The number of nitro benzene ring substituents is 1. The molecule has 0 saturated carbocycles. The maximum Gasteiger partial charge on any atom is 0.292 e. The van der Waals surface area contributed by atoms with Crippen molar-refractivity contribution in [3.05, 3.63) is 33.9 Å². The van der Waals surface area contributed by atoms with Crippen molar-refractivity contribution in [1.29, 1.82) is 0 Å². The van der Waals surface area contributed by atoms with E-state index in [1.165, 1.54) is 6.07 Å². The topological polar surface area (TPSA) is 75.4 Å². The van der Waals surface area contributed by atoms with Gasteiger partial charge in [0.25, 0.3) is 5.69 Å². The second-order valence-corrected chi connectivity index (χ2v) is 4.80. The molecule has 0 radical (unpaired) electrons. The highest BCUT2D eigenvalue weighted by Gasteiger charge is 2.26. The highest BCUT2D eigenvalue weighted by Crippen LogP contribution is 2.28. The molecule has 0 aliphatic rings. The predicted octanol–water partition coefficient (Wildman–Crippen LogP) is 2.47. The summed E-state index contributed by atoms with van der Waals surface area (Å²) >= 11 is 0. The van der Waals surface area contributed by atoms with Crippen molar-refractivity contribution in [3.8, 4) is 0 Å². The van der Waals surface area contributed by atoms with Gasteiger partial charge in [-0.25, -0.2) is 0 Å². The Kier molecular flexibility index (Phi) is 3.72. The Balaban J connectivity index is 3.11. The van der Waals surface area contributed by atoms with Crippen molar-refractivity contribution in [1.82, 2.24) is 0 Å². The van der Waals surface area contributed by atoms with E-state index in [9.17, 15) is 15.2 Å². The predicted molar refractivity (Wildman–Crippen MR) is 67.2 cm³/mol. The molecule has 1 rings (SSSR count). The van der Waals surface area contributed by atoms with Gasteiger partial charge < -0.3 is 10.4 Å². The van der Waals surface area contributed by atoms with Crippen LogP contribution in [-0.4, -0.2) is 21.7 Å². The van der Waals surface area contributed by atoms with E-state index in [1.54, 1.807) is 39.8 Å². The average molecular weight is 238 g/mol. The van der Waals surface area contributed by atoms with Crippen LogP contribution in [0.5, 0.6) is 0 Å². The Hall–Kier alpha value is -1.62. The number of anilines is 1.